The third-order valence-corrected chi connectivity index (χ3v) is 3.36. The molecule has 1 rings (SSSR count). The van der Waals surface area contributed by atoms with Crippen LogP contribution in [0.3, 0.4) is 0 Å². The average molecular weight is 232 g/mol. The Labute approximate surface area is 107 Å². The fourth-order valence-corrected chi connectivity index (χ4v) is 2.54. The molecule has 0 spiro atoms. The van der Waals surface area contributed by atoms with Crippen LogP contribution in [0.5, 0.6) is 0 Å². The van der Waals surface area contributed by atoms with Gasteiger partial charge in [-0.3, -0.25) is 0 Å². The molecule has 0 bridgehead atoms. The lowest BCUT2D eigenvalue weighted by Crippen LogP contribution is -2.21. The van der Waals surface area contributed by atoms with Gasteiger partial charge in [0.15, 0.2) is 0 Å². The van der Waals surface area contributed by atoms with Gasteiger partial charge in [-0.05, 0) is 40.9 Å². The number of hydrogen-bond donors (Lipinski definition) is 0. The first-order valence-corrected chi connectivity index (χ1v) is 6.72. The zero-order chi connectivity index (χ0) is 13.4. The van der Waals surface area contributed by atoms with Crippen molar-refractivity contribution in [3.8, 4) is 0 Å². The Bertz CT molecular complexity index is 362. The lowest BCUT2D eigenvalue weighted by atomic mass is 9.75. The molecule has 1 aromatic rings. The molecule has 0 heteroatoms. The first-order chi connectivity index (χ1) is 7.57. The molecule has 0 saturated carbocycles. The first-order valence-electron chi connectivity index (χ1n) is 6.72. The maximum atomic E-state index is 2.37. The molecule has 0 saturated heterocycles. The molecule has 17 heavy (non-hydrogen) atoms. The maximum absolute atomic E-state index is 2.37. The molecule has 0 aliphatic carbocycles. The van der Waals surface area contributed by atoms with Gasteiger partial charge in [-0.25, -0.2) is 0 Å². The quantitative estimate of drug-likeness (QED) is 0.628. The molecular weight excluding hydrogens is 204 g/mol. The van der Waals surface area contributed by atoms with E-state index in [-0.39, 0.29) is 10.8 Å². The van der Waals surface area contributed by atoms with Crippen molar-refractivity contribution in [3.63, 3.8) is 0 Å². The Morgan fingerprint density at radius 2 is 1.18 bits per heavy atom. The summed E-state index contributed by atoms with van der Waals surface area (Å²) in [4.78, 5) is 0. The zero-order valence-electron chi connectivity index (χ0n) is 12.9. The highest BCUT2D eigenvalue weighted by Crippen LogP contribution is 2.35. The Balaban J connectivity index is 3.58. The molecule has 0 unspecified atom stereocenters. The van der Waals surface area contributed by atoms with Gasteiger partial charge >= 0.3 is 0 Å². The molecule has 0 nitrogen and oxygen atoms in total. The molecule has 0 aliphatic rings. The van der Waals surface area contributed by atoms with E-state index in [1.807, 2.05) is 0 Å². The van der Waals surface area contributed by atoms with Gasteiger partial charge in [-0.2, -0.15) is 0 Å². The molecule has 0 aliphatic heterocycles. The predicted octanol–water partition coefficient (Wildman–Crippen LogP) is 5.15. The molecular formula is C17H28. The summed E-state index contributed by atoms with van der Waals surface area (Å²) in [7, 11) is 0. The second-order valence-corrected chi connectivity index (χ2v) is 7.19. The first kappa shape index (κ1) is 14.3. The van der Waals surface area contributed by atoms with E-state index >= 15 is 0 Å². The van der Waals surface area contributed by atoms with Crippen LogP contribution in [-0.2, 0) is 17.3 Å². The summed E-state index contributed by atoms with van der Waals surface area (Å²) >= 11 is 0. The van der Waals surface area contributed by atoms with Crippen LogP contribution < -0.4 is 0 Å². The van der Waals surface area contributed by atoms with E-state index in [2.05, 4.69) is 67.5 Å². The zero-order valence-corrected chi connectivity index (χ0v) is 12.9. The van der Waals surface area contributed by atoms with Crippen LogP contribution in [0.2, 0.25) is 0 Å². The molecule has 0 N–H and O–H groups in total. The summed E-state index contributed by atoms with van der Waals surface area (Å²) in [5.41, 5.74) is 6.44. The molecule has 0 fully saturated rings. The van der Waals surface area contributed by atoms with Crippen molar-refractivity contribution in [3.05, 3.63) is 34.4 Å². The molecule has 1 aromatic carbocycles. The van der Waals surface area contributed by atoms with E-state index in [0.29, 0.717) is 0 Å². The van der Waals surface area contributed by atoms with Gasteiger partial charge < -0.3 is 0 Å². The van der Waals surface area contributed by atoms with Gasteiger partial charge in [0.05, 0.1) is 0 Å². The second kappa shape index (κ2) is 4.48. The minimum atomic E-state index is 0.233. The fourth-order valence-electron chi connectivity index (χ4n) is 2.54. The van der Waals surface area contributed by atoms with Gasteiger partial charge in [-0.15, -0.1) is 0 Å². The van der Waals surface area contributed by atoms with Gasteiger partial charge in [0, 0.05) is 0 Å². The van der Waals surface area contributed by atoms with Gasteiger partial charge in [0.1, 0.15) is 0 Å². The Morgan fingerprint density at radius 3 is 1.41 bits per heavy atom. The van der Waals surface area contributed by atoms with Crippen molar-refractivity contribution in [2.24, 2.45) is 0 Å². The van der Waals surface area contributed by atoms with Crippen molar-refractivity contribution >= 4 is 0 Å². The van der Waals surface area contributed by atoms with Gasteiger partial charge in [0.2, 0.25) is 0 Å². The third kappa shape index (κ3) is 3.12. The highest BCUT2D eigenvalue weighted by molar-refractivity contribution is 5.45. The minimum absolute atomic E-state index is 0.233. The molecule has 0 aromatic heterocycles. The summed E-state index contributed by atoms with van der Waals surface area (Å²) in [6, 6.07) is 4.74. The highest BCUT2D eigenvalue weighted by Gasteiger charge is 2.24. The van der Waals surface area contributed by atoms with Crippen molar-refractivity contribution in [1.29, 1.82) is 0 Å². The topological polar surface area (TPSA) is 0 Å². The average Bonchev–Trinajstić information content (AvgIpc) is 2.13. The third-order valence-electron chi connectivity index (χ3n) is 3.36. The van der Waals surface area contributed by atoms with Crippen molar-refractivity contribution < 1.29 is 0 Å². The summed E-state index contributed by atoms with van der Waals surface area (Å²) in [6.45, 7) is 18.4. The molecule has 0 radical (unpaired) electrons. The van der Waals surface area contributed by atoms with E-state index in [9.17, 15) is 0 Å². The standard InChI is InChI=1S/C17H28/c1-9-13-14(16(3,4)5)10-12(2)11-15(13)17(6,7)8/h10-11H,9H2,1-8H3. The smallest absolute Gasteiger partial charge is 0.0129 e. The second-order valence-electron chi connectivity index (χ2n) is 7.19. The Kier molecular flexibility index (Phi) is 3.76. The Hall–Kier alpha value is -0.780. The van der Waals surface area contributed by atoms with Crippen LogP contribution in [-0.4, -0.2) is 0 Å². The van der Waals surface area contributed by atoms with Crippen molar-refractivity contribution in [1.82, 2.24) is 0 Å². The van der Waals surface area contributed by atoms with Gasteiger partial charge in [0.25, 0.3) is 0 Å². The lowest BCUT2D eigenvalue weighted by molar-refractivity contribution is 0.555. The normalized spacial score (nSPS) is 12.9. The minimum Gasteiger partial charge on any atom is -0.0613 e. The number of aryl methyl sites for hydroxylation is 1. The van der Waals surface area contributed by atoms with Crippen LogP contribution in [0.15, 0.2) is 12.1 Å². The maximum Gasteiger partial charge on any atom is -0.0129 e. The lowest BCUT2D eigenvalue weighted by Gasteiger charge is -2.30. The van der Waals surface area contributed by atoms with Crippen molar-refractivity contribution in [2.75, 3.05) is 0 Å². The van der Waals surface area contributed by atoms with E-state index in [1.54, 1.807) is 5.56 Å². The van der Waals surface area contributed by atoms with Crippen LogP contribution in [0, 0.1) is 6.92 Å². The summed E-state index contributed by atoms with van der Waals surface area (Å²) in [6.07, 6.45) is 1.12. The molecule has 0 amide bonds. The molecule has 96 valence electrons. The van der Waals surface area contributed by atoms with E-state index in [0.717, 1.165) is 6.42 Å². The Morgan fingerprint density at radius 1 is 0.824 bits per heavy atom. The molecule has 0 heterocycles. The van der Waals surface area contributed by atoms with Crippen LogP contribution in [0.1, 0.15) is 70.7 Å². The number of hydrogen-bond acceptors (Lipinski definition) is 0. The van der Waals surface area contributed by atoms with E-state index in [1.165, 1.54) is 16.7 Å². The largest absolute Gasteiger partial charge is 0.0613 e. The SMILES string of the molecule is CCc1c(C(C)(C)C)cc(C)cc1C(C)(C)C. The van der Waals surface area contributed by atoms with Crippen LogP contribution in [0.4, 0.5) is 0 Å². The van der Waals surface area contributed by atoms with Gasteiger partial charge in [-0.1, -0.05) is 66.2 Å². The number of benzene rings is 1. The van der Waals surface area contributed by atoms with Crippen molar-refractivity contribution in [2.45, 2.75) is 72.6 Å². The summed E-state index contributed by atoms with van der Waals surface area (Å²) in [5, 5.41) is 0. The predicted molar refractivity (Wildman–Crippen MR) is 78.0 cm³/mol. The van der Waals surface area contributed by atoms with Crippen LogP contribution in [0.25, 0.3) is 0 Å². The van der Waals surface area contributed by atoms with E-state index < -0.39 is 0 Å². The highest BCUT2D eigenvalue weighted by atomic mass is 14.3. The molecule has 0 atom stereocenters. The van der Waals surface area contributed by atoms with Crippen LogP contribution >= 0.6 is 0 Å². The summed E-state index contributed by atoms with van der Waals surface area (Å²) < 4.78 is 0. The summed E-state index contributed by atoms with van der Waals surface area (Å²) in [5.74, 6) is 0. The number of rotatable bonds is 1. The monoisotopic (exact) mass is 232 g/mol. The fraction of sp³-hybridized carbons (Fsp3) is 0.647. The van der Waals surface area contributed by atoms with E-state index in [4.69, 9.17) is 0 Å².